The van der Waals surface area contributed by atoms with E-state index in [9.17, 15) is 4.79 Å². The zero-order valence-electron chi connectivity index (χ0n) is 16.3. The number of halogens is 1. The second kappa shape index (κ2) is 8.62. The Morgan fingerprint density at radius 3 is 2.48 bits per heavy atom. The number of amides is 1. The van der Waals surface area contributed by atoms with Gasteiger partial charge in [-0.05, 0) is 67.3 Å². The summed E-state index contributed by atoms with van der Waals surface area (Å²) >= 11 is 5.88. The first kappa shape index (κ1) is 19.4. The first-order valence-electron chi connectivity index (χ1n) is 9.84. The van der Waals surface area contributed by atoms with E-state index < -0.39 is 0 Å². The Balaban J connectivity index is 1.47. The average Bonchev–Trinajstić information content (AvgIpc) is 2.75. The van der Waals surface area contributed by atoms with E-state index in [-0.39, 0.29) is 5.91 Å². The highest BCUT2D eigenvalue weighted by Gasteiger charge is 2.17. The van der Waals surface area contributed by atoms with Gasteiger partial charge in [-0.25, -0.2) is 0 Å². The quantitative estimate of drug-likeness (QED) is 0.639. The maximum Gasteiger partial charge on any atom is 0.255 e. The minimum atomic E-state index is -0.181. The molecule has 0 unspecified atom stereocenters. The van der Waals surface area contributed by atoms with E-state index in [0.717, 1.165) is 36.1 Å². The monoisotopic (exact) mass is 406 g/mol. The first-order valence-corrected chi connectivity index (χ1v) is 10.2. The van der Waals surface area contributed by atoms with E-state index in [1.165, 1.54) is 12.8 Å². The molecule has 1 fully saturated rings. The highest BCUT2D eigenvalue weighted by atomic mass is 35.5. The summed E-state index contributed by atoms with van der Waals surface area (Å²) in [7, 11) is 0. The van der Waals surface area contributed by atoms with Gasteiger partial charge in [-0.15, -0.1) is 10.2 Å². The lowest BCUT2D eigenvalue weighted by Gasteiger charge is -2.30. The van der Waals surface area contributed by atoms with Gasteiger partial charge in [0.1, 0.15) is 0 Å². The van der Waals surface area contributed by atoms with E-state index >= 15 is 0 Å². The summed E-state index contributed by atoms with van der Waals surface area (Å²) in [6.07, 6.45) is 2.39. The molecule has 5 nitrogen and oxygen atoms in total. The number of anilines is 2. The third-order valence-electron chi connectivity index (χ3n) is 5.28. The SMILES string of the molecule is CC1CCN(c2ccc(-c3cccc(NC(=O)c4ccc(Cl)cc4)c3)nn2)CC1. The van der Waals surface area contributed by atoms with E-state index in [0.29, 0.717) is 16.3 Å². The lowest BCUT2D eigenvalue weighted by Crippen LogP contribution is -2.33. The summed E-state index contributed by atoms with van der Waals surface area (Å²) in [4.78, 5) is 14.7. The number of hydrogen-bond acceptors (Lipinski definition) is 4. The van der Waals surface area contributed by atoms with Crippen molar-refractivity contribution < 1.29 is 4.79 Å². The van der Waals surface area contributed by atoms with Gasteiger partial charge < -0.3 is 10.2 Å². The first-order chi connectivity index (χ1) is 14.1. The van der Waals surface area contributed by atoms with Crippen LogP contribution < -0.4 is 10.2 Å². The van der Waals surface area contributed by atoms with Gasteiger partial charge in [0.05, 0.1) is 5.69 Å². The van der Waals surface area contributed by atoms with Crippen LogP contribution in [0.3, 0.4) is 0 Å². The van der Waals surface area contributed by atoms with Gasteiger partial charge in [0, 0.05) is 34.9 Å². The van der Waals surface area contributed by atoms with E-state index in [2.05, 4.69) is 27.3 Å². The number of aromatic nitrogens is 2. The molecule has 0 aliphatic carbocycles. The summed E-state index contributed by atoms with van der Waals surface area (Å²) < 4.78 is 0. The molecular formula is C23H23ClN4O. The van der Waals surface area contributed by atoms with Crippen LogP contribution in [0.4, 0.5) is 11.5 Å². The fourth-order valence-corrected chi connectivity index (χ4v) is 3.57. The molecule has 2 aromatic carbocycles. The van der Waals surface area contributed by atoms with Gasteiger partial charge in [-0.3, -0.25) is 4.79 Å². The van der Waals surface area contributed by atoms with E-state index in [1.54, 1.807) is 24.3 Å². The average molecular weight is 407 g/mol. The molecule has 4 rings (SSSR count). The highest BCUT2D eigenvalue weighted by molar-refractivity contribution is 6.30. The summed E-state index contributed by atoms with van der Waals surface area (Å²) in [5, 5.41) is 12.4. The lowest BCUT2D eigenvalue weighted by atomic mass is 9.99. The third kappa shape index (κ3) is 4.74. The van der Waals surface area contributed by atoms with Crippen LogP contribution in [0.5, 0.6) is 0 Å². The second-order valence-electron chi connectivity index (χ2n) is 7.49. The normalized spacial score (nSPS) is 14.6. The zero-order chi connectivity index (χ0) is 20.2. The smallest absolute Gasteiger partial charge is 0.255 e. The van der Waals surface area contributed by atoms with Crippen molar-refractivity contribution in [1.82, 2.24) is 10.2 Å². The molecule has 2 heterocycles. The number of carbonyl (C=O) groups is 1. The number of rotatable bonds is 4. The molecule has 0 radical (unpaired) electrons. The minimum absolute atomic E-state index is 0.181. The molecule has 1 N–H and O–H groups in total. The van der Waals surface area contributed by atoms with Gasteiger partial charge >= 0.3 is 0 Å². The number of piperidine rings is 1. The molecule has 148 valence electrons. The van der Waals surface area contributed by atoms with Crippen molar-refractivity contribution in [3.05, 3.63) is 71.2 Å². The van der Waals surface area contributed by atoms with Crippen LogP contribution in [0, 0.1) is 5.92 Å². The molecule has 1 saturated heterocycles. The van der Waals surface area contributed by atoms with Crippen molar-refractivity contribution in [2.24, 2.45) is 5.92 Å². The van der Waals surface area contributed by atoms with Crippen LogP contribution in [-0.2, 0) is 0 Å². The maximum absolute atomic E-state index is 12.4. The molecule has 6 heteroatoms. The van der Waals surface area contributed by atoms with Crippen LogP contribution in [0.2, 0.25) is 5.02 Å². The van der Waals surface area contributed by atoms with Gasteiger partial charge in [0.25, 0.3) is 5.91 Å². The number of hydrogen-bond donors (Lipinski definition) is 1. The molecule has 0 atom stereocenters. The summed E-state index contributed by atoms with van der Waals surface area (Å²) in [6.45, 7) is 4.35. The maximum atomic E-state index is 12.4. The number of benzene rings is 2. The Labute approximate surface area is 175 Å². The van der Waals surface area contributed by atoms with E-state index in [4.69, 9.17) is 11.6 Å². The second-order valence-corrected chi connectivity index (χ2v) is 7.92. The largest absolute Gasteiger partial charge is 0.355 e. The fourth-order valence-electron chi connectivity index (χ4n) is 3.45. The zero-order valence-corrected chi connectivity index (χ0v) is 17.1. The molecule has 0 bridgehead atoms. The third-order valence-corrected chi connectivity index (χ3v) is 5.53. The van der Waals surface area contributed by atoms with Gasteiger partial charge in [0.2, 0.25) is 0 Å². The number of carbonyl (C=O) groups excluding carboxylic acids is 1. The number of nitrogens with zero attached hydrogens (tertiary/aromatic N) is 3. The van der Waals surface area contributed by atoms with Crippen LogP contribution in [0.15, 0.2) is 60.7 Å². The molecule has 0 spiro atoms. The Bertz CT molecular complexity index is 981. The predicted octanol–water partition coefficient (Wildman–Crippen LogP) is 5.29. The van der Waals surface area contributed by atoms with Crippen LogP contribution in [0.1, 0.15) is 30.1 Å². The molecule has 0 saturated carbocycles. The Morgan fingerprint density at radius 1 is 1.03 bits per heavy atom. The molecule has 1 aliphatic rings. The topological polar surface area (TPSA) is 58.1 Å². The lowest BCUT2D eigenvalue weighted by molar-refractivity contribution is 0.102. The van der Waals surface area contributed by atoms with Crippen molar-refractivity contribution in [1.29, 1.82) is 0 Å². The minimum Gasteiger partial charge on any atom is -0.355 e. The highest BCUT2D eigenvalue weighted by Crippen LogP contribution is 2.24. The summed E-state index contributed by atoms with van der Waals surface area (Å²) in [5.41, 5.74) is 2.95. The van der Waals surface area contributed by atoms with Crippen LogP contribution in [-0.4, -0.2) is 29.2 Å². The molecule has 1 aromatic heterocycles. The van der Waals surface area contributed by atoms with Crippen LogP contribution >= 0.6 is 11.6 Å². The van der Waals surface area contributed by atoms with Crippen molar-refractivity contribution >= 4 is 29.0 Å². The molecule has 29 heavy (non-hydrogen) atoms. The Hall–Kier alpha value is -2.92. The van der Waals surface area contributed by atoms with Crippen LogP contribution in [0.25, 0.3) is 11.3 Å². The van der Waals surface area contributed by atoms with Crippen molar-refractivity contribution in [2.45, 2.75) is 19.8 Å². The van der Waals surface area contributed by atoms with Crippen molar-refractivity contribution in [3.8, 4) is 11.3 Å². The fraction of sp³-hybridized carbons (Fsp3) is 0.261. The summed E-state index contributed by atoms with van der Waals surface area (Å²) in [6, 6.07) is 18.4. The standard InChI is InChI=1S/C23H23ClN4O/c1-16-11-13-28(14-12-16)22-10-9-21(26-27-22)18-3-2-4-20(15-18)25-23(29)17-5-7-19(24)8-6-17/h2-10,15-16H,11-14H2,1H3,(H,25,29). The van der Waals surface area contributed by atoms with Gasteiger partial charge in [-0.2, -0.15) is 0 Å². The van der Waals surface area contributed by atoms with Gasteiger partial charge in [-0.1, -0.05) is 30.7 Å². The Kier molecular flexibility index (Phi) is 5.76. The Morgan fingerprint density at radius 2 is 1.79 bits per heavy atom. The molecule has 1 aliphatic heterocycles. The molecule has 3 aromatic rings. The van der Waals surface area contributed by atoms with E-state index in [1.807, 2.05) is 36.4 Å². The predicted molar refractivity (Wildman–Crippen MR) is 117 cm³/mol. The van der Waals surface area contributed by atoms with Crippen molar-refractivity contribution in [3.63, 3.8) is 0 Å². The van der Waals surface area contributed by atoms with Gasteiger partial charge in [0.15, 0.2) is 5.82 Å². The summed E-state index contributed by atoms with van der Waals surface area (Å²) in [5.74, 6) is 1.52. The number of nitrogens with one attached hydrogen (secondary N) is 1. The molecule has 1 amide bonds. The van der Waals surface area contributed by atoms with Crippen molar-refractivity contribution in [2.75, 3.05) is 23.3 Å². The molecular weight excluding hydrogens is 384 g/mol.